The first-order valence-corrected chi connectivity index (χ1v) is 10.8. The van der Waals surface area contributed by atoms with Crippen molar-refractivity contribution in [2.45, 2.75) is 31.6 Å². The van der Waals surface area contributed by atoms with Crippen LogP contribution in [-0.4, -0.2) is 31.9 Å². The van der Waals surface area contributed by atoms with Crippen molar-refractivity contribution < 1.29 is 14.3 Å². The molecule has 2 aromatic rings. The molecule has 146 valence electrons. The Bertz CT molecular complexity index is 740. The summed E-state index contributed by atoms with van der Waals surface area (Å²) in [5.41, 5.74) is 2.37. The van der Waals surface area contributed by atoms with E-state index in [1.54, 1.807) is 26.0 Å². The van der Waals surface area contributed by atoms with E-state index in [1.165, 1.54) is 5.56 Å². The second-order valence-corrected chi connectivity index (χ2v) is 8.12. The first-order chi connectivity index (χ1) is 13.0. The van der Waals surface area contributed by atoms with Crippen molar-refractivity contribution in [3.05, 3.63) is 58.1 Å². The molecule has 1 N–H and O–H groups in total. The molecule has 0 radical (unpaired) electrons. The number of carbonyl (C=O) groups is 1. The third-order valence-corrected chi connectivity index (χ3v) is 5.88. The zero-order chi connectivity index (χ0) is 19.6. The van der Waals surface area contributed by atoms with Crippen molar-refractivity contribution >= 4 is 33.6 Å². The van der Waals surface area contributed by atoms with E-state index < -0.39 is 0 Å². The predicted octanol–water partition coefficient (Wildman–Crippen LogP) is 4.84. The summed E-state index contributed by atoms with van der Waals surface area (Å²) in [5.74, 6) is 2.58. The van der Waals surface area contributed by atoms with Crippen LogP contribution in [0, 0.1) is 0 Å². The summed E-state index contributed by atoms with van der Waals surface area (Å²) in [4.78, 5) is 12.2. The number of hydrogen-bond donors (Lipinski definition) is 1. The van der Waals surface area contributed by atoms with E-state index in [9.17, 15) is 4.79 Å². The zero-order valence-corrected chi connectivity index (χ0v) is 18.4. The van der Waals surface area contributed by atoms with Gasteiger partial charge in [-0.05, 0) is 43.0 Å². The van der Waals surface area contributed by atoms with Crippen molar-refractivity contribution in [1.29, 1.82) is 0 Å². The summed E-state index contributed by atoms with van der Waals surface area (Å²) in [7, 11) is 3.23. The van der Waals surface area contributed by atoms with Gasteiger partial charge in [0.1, 0.15) is 0 Å². The Labute approximate surface area is 174 Å². The molecule has 0 fully saturated rings. The largest absolute Gasteiger partial charge is 0.493 e. The number of carbonyl (C=O) groups excluding carboxylic acids is 1. The fourth-order valence-electron chi connectivity index (χ4n) is 2.68. The van der Waals surface area contributed by atoms with Gasteiger partial charge in [-0.1, -0.05) is 46.3 Å². The second-order valence-electron chi connectivity index (χ2n) is 6.28. The van der Waals surface area contributed by atoms with Crippen LogP contribution in [0.4, 0.5) is 0 Å². The number of halogens is 1. The van der Waals surface area contributed by atoms with Crippen molar-refractivity contribution in [3.8, 4) is 11.5 Å². The molecule has 4 nitrogen and oxygen atoms in total. The number of amides is 1. The molecule has 6 heteroatoms. The Kier molecular flexibility index (Phi) is 9.01. The van der Waals surface area contributed by atoms with Gasteiger partial charge in [0.2, 0.25) is 5.91 Å². The Balaban J connectivity index is 1.75. The number of benzene rings is 2. The zero-order valence-electron chi connectivity index (χ0n) is 16.0. The van der Waals surface area contributed by atoms with Gasteiger partial charge in [-0.2, -0.15) is 0 Å². The lowest BCUT2D eigenvalue weighted by molar-refractivity contribution is -0.119. The van der Waals surface area contributed by atoms with Gasteiger partial charge >= 0.3 is 0 Å². The minimum absolute atomic E-state index is 0.0668. The maximum Gasteiger partial charge on any atom is 0.230 e. The van der Waals surface area contributed by atoms with E-state index in [0.717, 1.165) is 22.9 Å². The highest BCUT2D eigenvalue weighted by Gasteiger charge is 2.12. The number of aryl methyl sites for hydroxylation is 1. The SMILES string of the molecule is COc1cc(Br)c(CSCC(=O)NC(C)CCc2ccccc2)cc1OC. The number of methoxy groups -OCH3 is 2. The molecule has 1 amide bonds. The lowest BCUT2D eigenvalue weighted by atomic mass is 10.1. The summed E-state index contributed by atoms with van der Waals surface area (Å²) in [6.07, 6.45) is 1.90. The fourth-order valence-corrected chi connectivity index (χ4v) is 4.15. The Morgan fingerprint density at radius 2 is 1.81 bits per heavy atom. The molecule has 1 unspecified atom stereocenters. The van der Waals surface area contributed by atoms with Crippen LogP contribution in [-0.2, 0) is 17.0 Å². The highest BCUT2D eigenvalue weighted by atomic mass is 79.9. The van der Waals surface area contributed by atoms with Crippen LogP contribution in [0.2, 0.25) is 0 Å². The smallest absolute Gasteiger partial charge is 0.230 e. The van der Waals surface area contributed by atoms with Crippen LogP contribution >= 0.6 is 27.7 Å². The van der Waals surface area contributed by atoms with Crippen LogP contribution in [0.25, 0.3) is 0 Å². The molecule has 0 aliphatic rings. The van der Waals surface area contributed by atoms with Crippen molar-refractivity contribution in [3.63, 3.8) is 0 Å². The number of thioether (sulfide) groups is 1. The van der Waals surface area contributed by atoms with Crippen LogP contribution < -0.4 is 14.8 Å². The van der Waals surface area contributed by atoms with Crippen LogP contribution in [0.3, 0.4) is 0 Å². The van der Waals surface area contributed by atoms with Crippen molar-refractivity contribution in [2.24, 2.45) is 0 Å². The molecule has 0 spiro atoms. The third kappa shape index (κ3) is 7.11. The van der Waals surface area contributed by atoms with Crippen LogP contribution in [0.1, 0.15) is 24.5 Å². The average molecular weight is 452 g/mol. The van der Waals surface area contributed by atoms with E-state index in [1.807, 2.05) is 30.3 Å². The Morgan fingerprint density at radius 1 is 1.15 bits per heavy atom. The summed E-state index contributed by atoms with van der Waals surface area (Å²) < 4.78 is 11.6. The van der Waals surface area contributed by atoms with Gasteiger partial charge in [0, 0.05) is 16.3 Å². The molecular formula is C21H26BrNO3S. The normalized spacial score (nSPS) is 11.7. The first-order valence-electron chi connectivity index (χ1n) is 8.85. The maximum atomic E-state index is 12.2. The van der Waals surface area contributed by atoms with Gasteiger partial charge < -0.3 is 14.8 Å². The third-order valence-electron chi connectivity index (χ3n) is 4.16. The lowest BCUT2D eigenvalue weighted by Gasteiger charge is -2.14. The minimum Gasteiger partial charge on any atom is -0.493 e. The van der Waals surface area contributed by atoms with E-state index in [2.05, 4.69) is 40.3 Å². The van der Waals surface area contributed by atoms with Crippen molar-refractivity contribution in [2.75, 3.05) is 20.0 Å². The topological polar surface area (TPSA) is 47.6 Å². The molecule has 27 heavy (non-hydrogen) atoms. The maximum absolute atomic E-state index is 12.2. The molecule has 0 saturated carbocycles. The molecular weight excluding hydrogens is 426 g/mol. The molecule has 0 aliphatic carbocycles. The molecule has 0 aromatic heterocycles. The summed E-state index contributed by atoms with van der Waals surface area (Å²) in [6, 6.07) is 14.3. The van der Waals surface area contributed by atoms with E-state index in [-0.39, 0.29) is 11.9 Å². The molecule has 2 aromatic carbocycles. The van der Waals surface area contributed by atoms with Gasteiger partial charge in [-0.3, -0.25) is 4.79 Å². The monoisotopic (exact) mass is 451 g/mol. The molecule has 1 atom stereocenters. The standard InChI is InChI=1S/C21H26BrNO3S/c1-15(9-10-16-7-5-4-6-8-16)23-21(24)14-27-13-17-11-19(25-2)20(26-3)12-18(17)22/h4-8,11-12,15H,9-10,13-14H2,1-3H3,(H,23,24). The molecule has 0 heterocycles. The van der Waals surface area contributed by atoms with Crippen LogP contribution in [0.15, 0.2) is 46.9 Å². The number of nitrogens with one attached hydrogen (secondary N) is 1. The van der Waals surface area contributed by atoms with E-state index >= 15 is 0 Å². The summed E-state index contributed by atoms with van der Waals surface area (Å²) >= 11 is 5.13. The second kappa shape index (κ2) is 11.2. The molecule has 0 saturated heterocycles. The van der Waals surface area contributed by atoms with E-state index in [4.69, 9.17) is 9.47 Å². The van der Waals surface area contributed by atoms with Crippen LogP contribution in [0.5, 0.6) is 11.5 Å². The summed E-state index contributed by atoms with van der Waals surface area (Å²) in [6.45, 7) is 2.05. The van der Waals surface area contributed by atoms with Crippen molar-refractivity contribution in [1.82, 2.24) is 5.32 Å². The van der Waals surface area contributed by atoms with Gasteiger partial charge in [0.15, 0.2) is 11.5 Å². The highest BCUT2D eigenvalue weighted by Crippen LogP contribution is 2.34. The quantitative estimate of drug-likeness (QED) is 0.561. The van der Waals surface area contributed by atoms with Gasteiger partial charge in [0.05, 0.1) is 20.0 Å². The molecule has 0 aliphatic heterocycles. The van der Waals surface area contributed by atoms with Gasteiger partial charge in [-0.25, -0.2) is 0 Å². The van der Waals surface area contributed by atoms with Gasteiger partial charge in [0.25, 0.3) is 0 Å². The fraction of sp³-hybridized carbons (Fsp3) is 0.381. The Morgan fingerprint density at radius 3 is 2.48 bits per heavy atom. The minimum atomic E-state index is 0.0668. The number of hydrogen-bond acceptors (Lipinski definition) is 4. The lowest BCUT2D eigenvalue weighted by Crippen LogP contribution is -2.34. The first kappa shape index (κ1) is 21.6. The molecule has 0 bridgehead atoms. The van der Waals surface area contributed by atoms with E-state index in [0.29, 0.717) is 23.0 Å². The number of ether oxygens (including phenoxy) is 2. The number of rotatable bonds is 10. The van der Waals surface area contributed by atoms with Gasteiger partial charge in [-0.15, -0.1) is 11.8 Å². The molecule has 2 rings (SSSR count). The summed E-state index contributed by atoms with van der Waals surface area (Å²) in [5, 5.41) is 3.08. The predicted molar refractivity (Wildman–Crippen MR) is 116 cm³/mol. The Hall–Kier alpha value is -1.66. The highest BCUT2D eigenvalue weighted by molar-refractivity contribution is 9.10. The average Bonchev–Trinajstić information content (AvgIpc) is 2.68.